The summed E-state index contributed by atoms with van der Waals surface area (Å²) in [5.74, 6) is 3.59. The lowest BCUT2D eigenvalue weighted by molar-refractivity contribution is 0.132. The molecule has 0 spiro atoms. The molecule has 0 aliphatic heterocycles. The minimum Gasteiger partial charge on any atom is -0.382 e. The summed E-state index contributed by atoms with van der Waals surface area (Å²) in [6.45, 7) is 16.0. The second kappa shape index (κ2) is 19.3. The third-order valence-corrected chi connectivity index (χ3v) is 6.27. The Morgan fingerprint density at radius 2 is 1.00 bits per heavy atom. The summed E-state index contributed by atoms with van der Waals surface area (Å²) >= 11 is 0. The molecule has 0 heterocycles. The summed E-state index contributed by atoms with van der Waals surface area (Å²) in [7, 11) is 2.18. The zero-order chi connectivity index (χ0) is 20.3. The van der Waals surface area contributed by atoms with E-state index in [1.165, 1.54) is 77.0 Å². The number of ether oxygens (including phenoxy) is 1. The van der Waals surface area contributed by atoms with E-state index >= 15 is 0 Å². The van der Waals surface area contributed by atoms with E-state index in [9.17, 15) is 0 Å². The number of hydrogen-bond donors (Lipinski definition) is 0. The first-order valence-electron chi connectivity index (χ1n) is 12.3. The van der Waals surface area contributed by atoms with Crippen LogP contribution < -0.4 is 0 Å². The topological polar surface area (TPSA) is 9.23 Å². The molecule has 4 unspecified atom stereocenters. The van der Waals surface area contributed by atoms with Crippen molar-refractivity contribution < 1.29 is 4.74 Å². The fraction of sp³-hybridized carbons (Fsp3) is 1.00. The van der Waals surface area contributed by atoms with Gasteiger partial charge in [-0.1, -0.05) is 118 Å². The highest BCUT2D eigenvalue weighted by molar-refractivity contribution is 6.33. The highest BCUT2D eigenvalue weighted by Gasteiger charge is 2.08. The Kier molecular flexibility index (Phi) is 19.4. The van der Waals surface area contributed by atoms with E-state index in [4.69, 9.17) is 4.74 Å². The number of hydrogen-bond acceptors (Lipinski definition) is 1. The van der Waals surface area contributed by atoms with Crippen molar-refractivity contribution in [1.29, 1.82) is 0 Å². The quantitative estimate of drug-likeness (QED) is 0.152. The minimum absolute atomic E-state index is 0.818. The first-order chi connectivity index (χ1) is 13.0. The molecule has 0 aliphatic rings. The van der Waals surface area contributed by atoms with Gasteiger partial charge in [-0.05, 0) is 30.1 Å². The summed E-state index contributed by atoms with van der Waals surface area (Å²) in [5.41, 5.74) is 0. The lowest BCUT2D eigenvalue weighted by Gasteiger charge is -2.16. The third-order valence-electron chi connectivity index (χ3n) is 6.27. The molecule has 4 atom stereocenters. The second-order valence-electron chi connectivity index (χ2n) is 9.60. The van der Waals surface area contributed by atoms with Crippen LogP contribution in [0.25, 0.3) is 0 Å². The highest BCUT2D eigenvalue weighted by Crippen LogP contribution is 2.23. The van der Waals surface area contributed by atoms with Gasteiger partial charge in [-0.2, -0.15) is 0 Å². The molecule has 0 aromatic rings. The van der Waals surface area contributed by atoms with Crippen molar-refractivity contribution >= 4 is 7.28 Å². The molecule has 0 amide bonds. The maximum atomic E-state index is 5.67. The lowest BCUT2D eigenvalue weighted by Crippen LogP contribution is -2.05. The van der Waals surface area contributed by atoms with Gasteiger partial charge < -0.3 is 4.74 Å². The van der Waals surface area contributed by atoms with E-state index in [0.717, 1.165) is 43.2 Å². The second-order valence-corrected chi connectivity index (χ2v) is 9.60. The Morgan fingerprint density at radius 1 is 0.593 bits per heavy atom. The van der Waals surface area contributed by atoms with Crippen LogP contribution in [0.5, 0.6) is 0 Å². The van der Waals surface area contributed by atoms with Gasteiger partial charge >= 0.3 is 0 Å². The Morgan fingerprint density at radius 3 is 1.41 bits per heavy atom. The molecule has 0 aromatic heterocycles. The molecule has 0 N–H and O–H groups in total. The van der Waals surface area contributed by atoms with Crippen molar-refractivity contribution in [1.82, 2.24) is 0 Å². The van der Waals surface area contributed by atoms with Crippen molar-refractivity contribution in [3.05, 3.63) is 0 Å². The Balaban J connectivity index is 3.50. The predicted molar refractivity (Wildman–Crippen MR) is 125 cm³/mol. The van der Waals surface area contributed by atoms with Gasteiger partial charge in [0.1, 0.15) is 7.28 Å². The number of rotatable bonds is 20. The molecule has 1 nitrogen and oxygen atoms in total. The van der Waals surface area contributed by atoms with Gasteiger partial charge in [-0.25, -0.2) is 0 Å². The van der Waals surface area contributed by atoms with Gasteiger partial charge in [0, 0.05) is 13.2 Å². The van der Waals surface area contributed by atoms with Crippen LogP contribution in [0.1, 0.15) is 112 Å². The van der Waals surface area contributed by atoms with Crippen LogP contribution in [-0.2, 0) is 4.74 Å². The van der Waals surface area contributed by atoms with Crippen LogP contribution in [-0.4, -0.2) is 20.5 Å². The van der Waals surface area contributed by atoms with Crippen LogP contribution >= 0.6 is 0 Å². The van der Waals surface area contributed by atoms with E-state index < -0.39 is 0 Å². The molecule has 161 valence electrons. The molecule has 0 saturated heterocycles. The zero-order valence-electron chi connectivity index (χ0n) is 19.9. The molecule has 1 radical (unpaired) electrons. The van der Waals surface area contributed by atoms with Gasteiger partial charge in [0.05, 0.1) is 0 Å². The molecule has 2 heteroatoms. The summed E-state index contributed by atoms with van der Waals surface area (Å²) in [6, 6.07) is 0. The van der Waals surface area contributed by atoms with Crippen molar-refractivity contribution in [3.63, 3.8) is 0 Å². The molecule has 27 heavy (non-hydrogen) atoms. The van der Waals surface area contributed by atoms with E-state index in [0.29, 0.717) is 0 Å². The van der Waals surface area contributed by atoms with Crippen LogP contribution in [0, 0.1) is 23.7 Å². The first kappa shape index (κ1) is 27.0. The molecular formula is C25H52BO. The molecule has 0 bridgehead atoms. The fourth-order valence-corrected chi connectivity index (χ4v) is 4.10. The molecular weight excluding hydrogens is 327 g/mol. The summed E-state index contributed by atoms with van der Waals surface area (Å²) in [5, 5.41) is 0. The van der Waals surface area contributed by atoms with Crippen molar-refractivity contribution in [2.24, 2.45) is 23.7 Å². The monoisotopic (exact) mass is 379 g/mol. The van der Waals surface area contributed by atoms with E-state index in [1.54, 1.807) is 0 Å². The molecule has 0 aliphatic carbocycles. The van der Waals surface area contributed by atoms with Crippen LogP contribution in [0.2, 0.25) is 13.1 Å². The summed E-state index contributed by atoms with van der Waals surface area (Å²) in [6.07, 6.45) is 17.9. The smallest absolute Gasteiger partial charge is 0.108 e. The highest BCUT2D eigenvalue weighted by atomic mass is 16.5. The largest absolute Gasteiger partial charge is 0.382 e. The van der Waals surface area contributed by atoms with Crippen LogP contribution in [0.15, 0.2) is 0 Å². The van der Waals surface area contributed by atoms with Crippen LogP contribution in [0.4, 0.5) is 0 Å². The first-order valence-corrected chi connectivity index (χ1v) is 12.3. The van der Waals surface area contributed by atoms with E-state index in [1.807, 2.05) is 0 Å². The molecule has 0 rings (SSSR count). The maximum absolute atomic E-state index is 5.67. The average molecular weight is 380 g/mol. The Labute approximate surface area is 174 Å². The van der Waals surface area contributed by atoms with Gasteiger partial charge in [0.25, 0.3) is 0 Å². The van der Waals surface area contributed by atoms with Crippen molar-refractivity contribution in [2.75, 3.05) is 13.2 Å². The lowest BCUT2D eigenvalue weighted by atomic mass is 9.79. The van der Waals surface area contributed by atoms with Gasteiger partial charge in [0.2, 0.25) is 0 Å². The minimum atomic E-state index is 0.818. The standard InChI is InChI=1S/C25H52BO/c1-7-11-22(2)12-8-13-23(3)14-9-15-24(4)16-10-17-25(5)18-20-27-21-19-26-6/h22-25H,7-21H2,1-6H3. The molecule has 0 aromatic carbocycles. The zero-order valence-corrected chi connectivity index (χ0v) is 19.9. The maximum Gasteiger partial charge on any atom is 0.108 e. The van der Waals surface area contributed by atoms with Gasteiger partial charge in [-0.15, -0.1) is 0 Å². The average Bonchev–Trinajstić information content (AvgIpc) is 2.61. The fourth-order valence-electron chi connectivity index (χ4n) is 4.10. The van der Waals surface area contributed by atoms with Crippen molar-refractivity contribution in [3.8, 4) is 0 Å². The van der Waals surface area contributed by atoms with E-state index in [-0.39, 0.29) is 0 Å². The SMILES string of the molecule is C[B]CCOCCC(C)CCCC(C)CCCC(C)CCCC(C)CCC. The van der Waals surface area contributed by atoms with Gasteiger partial charge in [-0.3, -0.25) is 0 Å². The third kappa shape index (κ3) is 19.1. The predicted octanol–water partition coefficient (Wildman–Crippen LogP) is 8.42. The Bertz CT molecular complexity index is 294. The van der Waals surface area contributed by atoms with E-state index in [2.05, 4.69) is 48.7 Å². The van der Waals surface area contributed by atoms with Gasteiger partial charge in [0.15, 0.2) is 0 Å². The van der Waals surface area contributed by atoms with Crippen molar-refractivity contribution in [2.45, 2.75) is 125 Å². The van der Waals surface area contributed by atoms with Crippen LogP contribution in [0.3, 0.4) is 0 Å². The molecule has 0 saturated carbocycles. The normalized spacial score (nSPS) is 16.1. The Hall–Kier alpha value is 0.0249. The summed E-state index contributed by atoms with van der Waals surface area (Å²) in [4.78, 5) is 0. The summed E-state index contributed by atoms with van der Waals surface area (Å²) < 4.78 is 5.67. The molecule has 0 fully saturated rings.